The Hall–Kier alpha value is -1.65. The second-order valence-electron chi connectivity index (χ2n) is 5.83. The first-order valence-corrected chi connectivity index (χ1v) is 7.50. The second-order valence-corrected chi connectivity index (χ2v) is 5.83. The Morgan fingerprint density at radius 3 is 2.57 bits per heavy atom. The first kappa shape index (κ1) is 15.7. The molecule has 0 amide bonds. The van der Waals surface area contributed by atoms with Crippen LogP contribution in [-0.2, 0) is 6.54 Å². The Morgan fingerprint density at radius 1 is 1.10 bits per heavy atom. The molecule has 4 nitrogen and oxygen atoms in total. The Balaban J connectivity index is 2.09. The molecule has 0 aliphatic carbocycles. The molecule has 114 valence electrons. The molecular formula is C17H26N4. The second kappa shape index (κ2) is 7.38. The van der Waals surface area contributed by atoms with Crippen molar-refractivity contribution in [3.63, 3.8) is 0 Å². The zero-order chi connectivity index (χ0) is 15.2. The van der Waals surface area contributed by atoms with Gasteiger partial charge in [-0.2, -0.15) is 0 Å². The molecule has 1 N–H and O–H groups in total. The predicted octanol–water partition coefficient (Wildman–Crippen LogP) is 2.66. The zero-order valence-corrected chi connectivity index (χ0v) is 13.6. The lowest BCUT2D eigenvalue weighted by atomic mass is 10.1. The van der Waals surface area contributed by atoms with Gasteiger partial charge >= 0.3 is 0 Å². The lowest BCUT2D eigenvalue weighted by Crippen LogP contribution is -2.24. The molecule has 1 heterocycles. The van der Waals surface area contributed by atoms with Gasteiger partial charge in [-0.15, -0.1) is 0 Å². The third-order valence-corrected chi connectivity index (χ3v) is 3.63. The Labute approximate surface area is 127 Å². The van der Waals surface area contributed by atoms with Crippen LogP contribution < -0.4 is 5.32 Å². The highest BCUT2D eigenvalue weighted by molar-refractivity contribution is 5.81. The third-order valence-electron chi connectivity index (χ3n) is 3.63. The average Bonchev–Trinajstić information content (AvgIpc) is 2.46. The van der Waals surface area contributed by atoms with Gasteiger partial charge in [0.05, 0.1) is 5.52 Å². The zero-order valence-electron chi connectivity index (χ0n) is 13.6. The Morgan fingerprint density at radius 2 is 1.86 bits per heavy atom. The maximum absolute atomic E-state index is 4.71. The molecule has 2 rings (SSSR count). The van der Waals surface area contributed by atoms with Gasteiger partial charge in [0.15, 0.2) is 0 Å². The van der Waals surface area contributed by atoms with Crippen molar-refractivity contribution in [2.24, 2.45) is 0 Å². The Kier molecular flexibility index (Phi) is 5.53. The van der Waals surface area contributed by atoms with E-state index in [4.69, 9.17) is 4.98 Å². The number of fused-ring (bicyclic) bond motifs is 1. The largest absolute Gasteiger partial charge is 0.373 e. The molecule has 0 spiro atoms. The van der Waals surface area contributed by atoms with E-state index in [-0.39, 0.29) is 0 Å². The van der Waals surface area contributed by atoms with Crippen LogP contribution >= 0.6 is 0 Å². The summed E-state index contributed by atoms with van der Waals surface area (Å²) in [7, 11) is 8.34. The molecule has 1 aromatic carbocycles. The number of aromatic nitrogens is 1. The number of benzene rings is 1. The number of nitrogens with one attached hydrogen (secondary N) is 1. The summed E-state index contributed by atoms with van der Waals surface area (Å²) in [4.78, 5) is 9.29. The van der Waals surface area contributed by atoms with Gasteiger partial charge in [-0.1, -0.05) is 18.2 Å². The van der Waals surface area contributed by atoms with Crippen molar-refractivity contribution < 1.29 is 0 Å². The van der Waals surface area contributed by atoms with Gasteiger partial charge in [-0.3, -0.25) is 0 Å². The molecular weight excluding hydrogens is 260 g/mol. The van der Waals surface area contributed by atoms with Gasteiger partial charge in [0.1, 0.15) is 5.82 Å². The van der Waals surface area contributed by atoms with Gasteiger partial charge in [-0.05, 0) is 52.8 Å². The minimum Gasteiger partial charge on any atom is -0.373 e. The minimum absolute atomic E-state index is 0.918. The monoisotopic (exact) mass is 286 g/mol. The van der Waals surface area contributed by atoms with Crippen molar-refractivity contribution in [3.05, 3.63) is 35.9 Å². The third kappa shape index (κ3) is 4.41. The number of rotatable bonds is 7. The van der Waals surface area contributed by atoms with E-state index in [9.17, 15) is 0 Å². The van der Waals surface area contributed by atoms with E-state index >= 15 is 0 Å². The number of hydrogen-bond acceptors (Lipinski definition) is 4. The summed E-state index contributed by atoms with van der Waals surface area (Å²) >= 11 is 0. The summed E-state index contributed by atoms with van der Waals surface area (Å²) < 4.78 is 0. The maximum atomic E-state index is 4.71. The normalized spacial score (nSPS) is 11.5. The molecule has 0 aliphatic heterocycles. The van der Waals surface area contributed by atoms with Crippen molar-refractivity contribution in [2.45, 2.75) is 13.0 Å². The minimum atomic E-state index is 0.918. The van der Waals surface area contributed by atoms with Crippen molar-refractivity contribution >= 4 is 16.7 Å². The highest BCUT2D eigenvalue weighted by Gasteiger charge is 2.08. The van der Waals surface area contributed by atoms with E-state index in [0.29, 0.717) is 0 Å². The van der Waals surface area contributed by atoms with Crippen LogP contribution in [0.4, 0.5) is 5.82 Å². The quantitative estimate of drug-likeness (QED) is 0.848. The maximum Gasteiger partial charge on any atom is 0.130 e. The van der Waals surface area contributed by atoms with Crippen LogP contribution in [-0.4, -0.2) is 56.1 Å². The lowest BCUT2D eigenvalue weighted by Gasteiger charge is -2.20. The highest BCUT2D eigenvalue weighted by Crippen LogP contribution is 2.21. The highest BCUT2D eigenvalue weighted by atomic mass is 15.1. The Bertz CT molecular complexity index is 580. The van der Waals surface area contributed by atoms with Crippen LogP contribution in [0.25, 0.3) is 10.9 Å². The summed E-state index contributed by atoms with van der Waals surface area (Å²) in [5, 5.41) is 4.42. The number of anilines is 1. The van der Waals surface area contributed by atoms with E-state index in [2.05, 4.69) is 60.5 Å². The molecule has 0 unspecified atom stereocenters. The molecule has 0 saturated carbocycles. The summed E-state index contributed by atoms with van der Waals surface area (Å²) in [5.41, 5.74) is 2.30. The van der Waals surface area contributed by atoms with E-state index in [1.807, 2.05) is 13.1 Å². The average molecular weight is 286 g/mol. The summed E-state index contributed by atoms with van der Waals surface area (Å²) in [5.74, 6) is 0.980. The van der Waals surface area contributed by atoms with Gasteiger partial charge in [0.25, 0.3) is 0 Å². The van der Waals surface area contributed by atoms with Gasteiger partial charge in [0, 0.05) is 24.5 Å². The molecule has 0 atom stereocenters. The predicted molar refractivity (Wildman–Crippen MR) is 90.8 cm³/mol. The topological polar surface area (TPSA) is 31.4 Å². The number of para-hydroxylation sites is 1. The molecule has 4 heteroatoms. The van der Waals surface area contributed by atoms with E-state index in [1.54, 1.807) is 0 Å². The van der Waals surface area contributed by atoms with Crippen molar-refractivity contribution in [1.29, 1.82) is 0 Å². The molecule has 0 aliphatic rings. The van der Waals surface area contributed by atoms with Crippen molar-refractivity contribution in [1.82, 2.24) is 14.8 Å². The van der Waals surface area contributed by atoms with E-state index in [0.717, 1.165) is 31.0 Å². The number of hydrogen-bond donors (Lipinski definition) is 1. The van der Waals surface area contributed by atoms with Crippen LogP contribution in [0, 0.1) is 0 Å². The van der Waals surface area contributed by atoms with Crippen LogP contribution in [0.3, 0.4) is 0 Å². The van der Waals surface area contributed by atoms with Gasteiger partial charge in [0.2, 0.25) is 0 Å². The van der Waals surface area contributed by atoms with Crippen molar-refractivity contribution in [2.75, 3.05) is 46.6 Å². The number of nitrogens with zero attached hydrogens (tertiary/aromatic N) is 3. The fraction of sp³-hybridized carbons (Fsp3) is 0.471. The standard InChI is InChI=1S/C17H26N4/c1-18-17-15(13-21(4)11-7-10-20(2)3)12-14-8-5-6-9-16(14)19-17/h5-6,8-9,12H,7,10-11,13H2,1-4H3,(H,18,19). The fourth-order valence-corrected chi connectivity index (χ4v) is 2.52. The molecule has 1 aromatic heterocycles. The SMILES string of the molecule is CNc1nc2ccccc2cc1CN(C)CCCN(C)C. The first-order chi connectivity index (χ1) is 10.1. The smallest absolute Gasteiger partial charge is 0.130 e. The molecule has 0 saturated heterocycles. The summed E-state index contributed by atoms with van der Waals surface area (Å²) in [6, 6.07) is 10.5. The van der Waals surface area contributed by atoms with E-state index in [1.165, 1.54) is 17.4 Å². The molecule has 21 heavy (non-hydrogen) atoms. The summed E-state index contributed by atoms with van der Waals surface area (Å²) in [6.07, 6.45) is 1.18. The van der Waals surface area contributed by atoms with Crippen LogP contribution in [0.15, 0.2) is 30.3 Å². The van der Waals surface area contributed by atoms with Crippen LogP contribution in [0.1, 0.15) is 12.0 Å². The molecule has 0 radical (unpaired) electrons. The summed E-state index contributed by atoms with van der Waals surface area (Å²) in [6.45, 7) is 3.13. The first-order valence-electron chi connectivity index (χ1n) is 7.50. The molecule has 0 bridgehead atoms. The van der Waals surface area contributed by atoms with Crippen LogP contribution in [0.5, 0.6) is 0 Å². The lowest BCUT2D eigenvalue weighted by molar-refractivity contribution is 0.295. The number of pyridine rings is 1. The van der Waals surface area contributed by atoms with Gasteiger partial charge in [-0.25, -0.2) is 4.98 Å². The fourth-order valence-electron chi connectivity index (χ4n) is 2.52. The van der Waals surface area contributed by atoms with Crippen LogP contribution in [0.2, 0.25) is 0 Å². The van der Waals surface area contributed by atoms with Gasteiger partial charge < -0.3 is 15.1 Å². The molecule has 0 fully saturated rings. The van der Waals surface area contributed by atoms with Crippen molar-refractivity contribution in [3.8, 4) is 0 Å². The van der Waals surface area contributed by atoms with E-state index < -0.39 is 0 Å². The molecule has 2 aromatic rings.